The SMILES string of the molecule is C=C.FC(F)Cl. The van der Waals surface area contributed by atoms with Gasteiger partial charge in [0.15, 0.2) is 0 Å². The first-order valence-corrected chi connectivity index (χ1v) is 1.59. The van der Waals surface area contributed by atoms with Crippen LogP contribution in [-0.4, -0.2) is 5.88 Å². The Bertz CT molecular complexity index is 20.0. The molecule has 0 spiro atoms. The third kappa shape index (κ3) is 2690. The molecule has 0 radical (unpaired) electrons. The van der Waals surface area contributed by atoms with Crippen LogP contribution in [0.25, 0.3) is 0 Å². The van der Waals surface area contributed by atoms with E-state index in [0.29, 0.717) is 0 Å². The molecule has 0 saturated carbocycles. The monoisotopic (exact) mass is 114 g/mol. The predicted molar refractivity (Wildman–Crippen MR) is 23.1 cm³/mol. The summed E-state index contributed by atoms with van der Waals surface area (Å²) in [5, 5.41) is 0. The third-order valence-electron chi connectivity index (χ3n) is 0. The molecule has 0 aliphatic carbocycles. The van der Waals surface area contributed by atoms with Gasteiger partial charge in [-0.25, -0.2) is 0 Å². The van der Waals surface area contributed by atoms with E-state index in [-0.39, 0.29) is 0 Å². The van der Waals surface area contributed by atoms with Gasteiger partial charge in [0.25, 0.3) is 0 Å². The van der Waals surface area contributed by atoms with Gasteiger partial charge in [0.05, 0.1) is 0 Å². The van der Waals surface area contributed by atoms with Crippen LogP contribution in [0.3, 0.4) is 0 Å². The Balaban J connectivity index is 0. The van der Waals surface area contributed by atoms with Crippen LogP contribution < -0.4 is 0 Å². The minimum absolute atomic E-state index is 2.69. The van der Waals surface area contributed by atoms with Crippen molar-refractivity contribution in [1.82, 2.24) is 0 Å². The zero-order chi connectivity index (χ0) is 5.58. The fourth-order valence-corrected chi connectivity index (χ4v) is 0. The third-order valence-corrected chi connectivity index (χ3v) is 0. The van der Waals surface area contributed by atoms with Crippen molar-refractivity contribution in [2.24, 2.45) is 0 Å². The maximum absolute atomic E-state index is 10.1. The first-order valence-electron chi connectivity index (χ1n) is 1.15. The summed E-state index contributed by atoms with van der Waals surface area (Å²) in [6, 6.07) is 0. The Morgan fingerprint density at radius 2 is 1.33 bits per heavy atom. The summed E-state index contributed by atoms with van der Waals surface area (Å²) < 4.78 is 20.2. The lowest BCUT2D eigenvalue weighted by molar-refractivity contribution is 0.243. The lowest BCUT2D eigenvalue weighted by Gasteiger charge is -1.66. The molecular weight excluding hydrogens is 109 g/mol. The minimum Gasteiger partial charge on any atom is -0.192 e. The summed E-state index contributed by atoms with van der Waals surface area (Å²) in [6.07, 6.45) is 0. The van der Waals surface area contributed by atoms with Crippen molar-refractivity contribution < 1.29 is 8.78 Å². The highest BCUT2D eigenvalue weighted by atomic mass is 35.5. The van der Waals surface area contributed by atoms with Crippen LogP contribution in [0.4, 0.5) is 8.78 Å². The van der Waals surface area contributed by atoms with Crippen LogP contribution in [0.1, 0.15) is 0 Å². The first kappa shape index (κ1) is 9.31. The van der Waals surface area contributed by atoms with Crippen LogP contribution in [0.15, 0.2) is 13.2 Å². The number of alkyl halides is 3. The second kappa shape index (κ2) is 8.86. The van der Waals surface area contributed by atoms with E-state index in [0.717, 1.165) is 0 Å². The molecule has 0 amide bonds. The number of halogens is 3. The highest BCUT2D eigenvalue weighted by Gasteiger charge is 1.83. The van der Waals surface area contributed by atoms with Gasteiger partial charge in [-0.2, -0.15) is 8.78 Å². The quantitative estimate of drug-likeness (QED) is 0.335. The van der Waals surface area contributed by atoms with Gasteiger partial charge in [-0.05, 0) is 0 Å². The van der Waals surface area contributed by atoms with Gasteiger partial charge in [0.2, 0.25) is 0 Å². The molecule has 0 nitrogen and oxygen atoms in total. The smallest absolute Gasteiger partial charge is 0.192 e. The Hall–Kier alpha value is -0.110. The maximum Gasteiger partial charge on any atom is 0.312 e. The van der Waals surface area contributed by atoms with E-state index >= 15 is 0 Å². The lowest BCUT2D eigenvalue weighted by atomic mass is 11.3. The van der Waals surface area contributed by atoms with Gasteiger partial charge in [0.1, 0.15) is 0 Å². The molecule has 3 heteroatoms. The van der Waals surface area contributed by atoms with Gasteiger partial charge >= 0.3 is 5.88 Å². The van der Waals surface area contributed by atoms with Gasteiger partial charge in [-0.1, -0.05) is 11.6 Å². The summed E-state index contributed by atoms with van der Waals surface area (Å²) >= 11 is 3.94. The maximum atomic E-state index is 10.1. The Morgan fingerprint density at radius 1 is 1.33 bits per heavy atom. The van der Waals surface area contributed by atoms with Crippen molar-refractivity contribution in [2.75, 3.05) is 0 Å². The fraction of sp³-hybridized carbons (Fsp3) is 0.333. The van der Waals surface area contributed by atoms with Gasteiger partial charge < -0.3 is 0 Å². The second-order valence-corrected chi connectivity index (χ2v) is 0.577. The highest BCUT2D eigenvalue weighted by Crippen LogP contribution is 1.93. The molecule has 6 heavy (non-hydrogen) atoms. The Morgan fingerprint density at radius 3 is 1.33 bits per heavy atom. The molecule has 0 fully saturated rings. The molecule has 0 bridgehead atoms. The average molecular weight is 115 g/mol. The molecule has 0 saturated heterocycles. The van der Waals surface area contributed by atoms with Crippen molar-refractivity contribution in [3.8, 4) is 0 Å². The van der Waals surface area contributed by atoms with Crippen molar-refractivity contribution in [3.05, 3.63) is 13.2 Å². The zero-order valence-electron chi connectivity index (χ0n) is 3.13. The van der Waals surface area contributed by atoms with E-state index in [2.05, 4.69) is 24.8 Å². The molecular formula is C3H5ClF2. The van der Waals surface area contributed by atoms with Crippen molar-refractivity contribution in [2.45, 2.75) is 5.88 Å². The van der Waals surface area contributed by atoms with Gasteiger partial charge in [-0.15, -0.1) is 13.2 Å². The topological polar surface area (TPSA) is 0 Å². The van der Waals surface area contributed by atoms with Crippen LogP contribution in [0, 0.1) is 0 Å². The van der Waals surface area contributed by atoms with Gasteiger partial charge in [0, 0.05) is 0 Å². The number of hydrogen-bond acceptors (Lipinski definition) is 0. The summed E-state index contributed by atoms with van der Waals surface area (Å²) in [7, 11) is 0. The molecule has 38 valence electrons. The zero-order valence-corrected chi connectivity index (χ0v) is 3.88. The Labute approximate surface area is 40.4 Å². The molecule has 0 aromatic heterocycles. The largest absolute Gasteiger partial charge is 0.312 e. The Kier molecular flexibility index (Phi) is 13.7. The molecule has 0 aromatic carbocycles. The van der Waals surface area contributed by atoms with E-state index in [4.69, 9.17) is 0 Å². The first-order chi connectivity index (χ1) is 2.73. The minimum atomic E-state index is -2.69. The number of rotatable bonds is 0. The van der Waals surface area contributed by atoms with Crippen LogP contribution in [0.5, 0.6) is 0 Å². The molecule has 0 aliphatic rings. The van der Waals surface area contributed by atoms with Crippen LogP contribution in [0.2, 0.25) is 0 Å². The van der Waals surface area contributed by atoms with E-state index < -0.39 is 5.88 Å². The molecule has 0 N–H and O–H groups in total. The standard InChI is InChI=1S/C2H4.CHClF2/c1-2;2-1(3)4/h1-2H2;1H. The summed E-state index contributed by atoms with van der Waals surface area (Å²) in [6.45, 7) is 6.00. The van der Waals surface area contributed by atoms with E-state index in [1.54, 1.807) is 0 Å². The highest BCUT2D eigenvalue weighted by molar-refractivity contribution is 6.18. The molecule has 0 aliphatic heterocycles. The molecule has 0 rings (SSSR count). The summed E-state index contributed by atoms with van der Waals surface area (Å²) in [4.78, 5) is 0. The summed E-state index contributed by atoms with van der Waals surface area (Å²) in [5.74, 6) is -2.69. The molecule has 0 atom stereocenters. The van der Waals surface area contributed by atoms with Crippen LogP contribution >= 0.6 is 11.6 Å². The van der Waals surface area contributed by atoms with E-state index in [1.165, 1.54) is 0 Å². The molecule has 0 aromatic rings. The van der Waals surface area contributed by atoms with E-state index in [1.807, 2.05) is 0 Å². The fourth-order valence-electron chi connectivity index (χ4n) is 0. The average Bonchev–Trinajstić information content (AvgIpc) is 1.41. The molecule has 0 heterocycles. The lowest BCUT2D eigenvalue weighted by Crippen LogP contribution is -1.62. The normalized spacial score (nSPS) is 6.67. The van der Waals surface area contributed by atoms with Crippen molar-refractivity contribution in [1.29, 1.82) is 0 Å². The van der Waals surface area contributed by atoms with Crippen molar-refractivity contribution in [3.63, 3.8) is 0 Å². The predicted octanol–water partition coefficient (Wildman–Crippen LogP) is 2.25. The van der Waals surface area contributed by atoms with Gasteiger partial charge in [-0.3, -0.25) is 0 Å². The summed E-state index contributed by atoms with van der Waals surface area (Å²) in [5.41, 5.74) is 0. The van der Waals surface area contributed by atoms with Crippen molar-refractivity contribution >= 4 is 11.6 Å². The van der Waals surface area contributed by atoms with Crippen LogP contribution in [-0.2, 0) is 0 Å². The molecule has 0 unspecified atom stereocenters. The van der Waals surface area contributed by atoms with E-state index in [9.17, 15) is 8.78 Å². The number of hydrogen-bond donors (Lipinski definition) is 0. The second-order valence-electron chi connectivity index (χ2n) is 0.247.